The molecule has 2 aromatic carbocycles. The van der Waals surface area contributed by atoms with Crippen molar-refractivity contribution in [1.82, 2.24) is 15.6 Å². The molecule has 1 fully saturated rings. The van der Waals surface area contributed by atoms with Crippen molar-refractivity contribution in [2.24, 2.45) is 0 Å². The summed E-state index contributed by atoms with van der Waals surface area (Å²) >= 11 is 0. The van der Waals surface area contributed by atoms with Crippen molar-refractivity contribution in [3.8, 4) is 16.9 Å². The molecule has 2 aliphatic heterocycles. The minimum absolute atomic E-state index is 0.328. The first kappa shape index (κ1) is 19.7. The minimum atomic E-state index is -1.20. The molecule has 1 atom stereocenters. The van der Waals surface area contributed by atoms with Crippen molar-refractivity contribution in [1.29, 1.82) is 0 Å². The average Bonchev–Trinajstić information content (AvgIpc) is 3.37. The van der Waals surface area contributed by atoms with E-state index in [1.807, 2.05) is 12.1 Å². The Morgan fingerprint density at radius 2 is 1.97 bits per heavy atom. The number of hydrogen-bond acceptors (Lipinski definition) is 5. The summed E-state index contributed by atoms with van der Waals surface area (Å²) in [5, 5.41) is 7.70. The molecule has 1 aromatic heterocycles. The second kappa shape index (κ2) is 7.49. The Morgan fingerprint density at radius 1 is 1.09 bits per heavy atom. The Labute approximate surface area is 184 Å². The van der Waals surface area contributed by atoms with Gasteiger partial charge in [0.1, 0.15) is 11.3 Å². The van der Waals surface area contributed by atoms with E-state index < -0.39 is 17.5 Å². The summed E-state index contributed by atoms with van der Waals surface area (Å²) in [7, 11) is 0. The highest BCUT2D eigenvalue weighted by Crippen LogP contribution is 2.31. The number of pyridine rings is 1. The molecule has 32 heavy (non-hydrogen) atoms. The van der Waals surface area contributed by atoms with Crippen LogP contribution < -0.4 is 20.7 Å². The van der Waals surface area contributed by atoms with Gasteiger partial charge in [-0.3, -0.25) is 19.9 Å². The Balaban J connectivity index is 1.38. The highest BCUT2D eigenvalue weighted by atomic mass is 16.5. The van der Waals surface area contributed by atoms with Crippen LogP contribution >= 0.6 is 0 Å². The van der Waals surface area contributed by atoms with E-state index in [0.29, 0.717) is 23.4 Å². The number of benzene rings is 2. The minimum Gasteiger partial charge on any atom is -0.493 e. The summed E-state index contributed by atoms with van der Waals surface area (Å²) in [6.45, 7) is 2.30. The third-order valence-electron chi connectivity index (χ3n) is 5.77. The van der Waals surface area contributed by atoms with Crippen molar-refractivity contribution >= 4 is 23.5 Å². The van der Waals surface area contributed by atoms with E-state index in [-0.39, 0.29) is 5.91 Å². The maximum atomic E-state index is 12.9. The van der Waals surface area contributed by atoms with Crippen molar-refractivity contribution < 1.29 is 19.1 Å². The fraction of sp³-hybridized carbons (Fsp3) is 0.167. The normalized spacial score (nSPS) is 19.0. The van der Waals surface area contributed by atoms with Gasteiger partial charge in [-0.2, -0.15) is 0 Å². The van der Waals surface area contributed by atoms with Gasteiger partial charge in [-0.05, 0) is 53.9 Å². The first-order valence-electron chi connectivity index (χ1n) is 10.2. The summed E-state index contributed by atoms with van der Waals surface area (Å²) in [5.41, 5.74) is 3.21. The third kappa shape index (κ3) is 3.45. The summed E-state index contributed by atoms with van der Waals surface area (Å²) in [4.78, 5) is 40.9. The highest BCUT2D eigenvalue weighted by Gasteiger charge is 2.43. The molecule has 5 rings (SSSR count). The van der Waals surface area contributed by atoms with Gasteiger partial charge in [-0.25, -0.2) is 4.79 Å². The van der Waals surface area contributed by atoms with Crippen LogP contribution in [0.2, 0.25) is 0 Å². The van der Waals surface area contributed by atoms with Gasteiger partial charge in [0.15, 0.2) is 0 Å². The maximum absolute atomic E-state index is 12.9. The number of imide groups is 1. The van der Waals surface area contributed by atoms with Crippen LogP contribution in [0.15, 0.2) is 60.9 Å². The third-order valence-corrected chi connectivity index (χ3v) is 5.77. The average molecular weight is 428 g/mol. The van der Waals surface area contributed by atoms with E-state index in [2.05, 4.69) is 27.0 Å². The number of nitrogens with one attached hydrogen (secondary N) is 3. The molecule has 8 heteroatoms. The molecule has 3 aromatic rings. The van der Waals surface area contributed by atoms with Crippen molar-refractivity contribution in [2.75, 3.05) is 11.9 Å². The van der Waals surface area contributed by atoms with Crippen LogP contribution in [0.4, 0.5) is 10.5 Å². The molecule has 0 spiro atoms. The highest BCUT2D eigenvalue weighted by molar-refractivity contribution is 6.08. The van der Waals surface area contributed by atoms with Crippen LogP contribution in [0, 0.1) is 0 Å². The topological polar surface area (TPSA) is 109 Å². The van der Waals surface area contributed by atoms with Crippen LogP contribution in [0.1, 0.15) is 28.4 Å². The molecule has 3 heterocycles. The molecule has 4 amide bonds. The lowest BCUT2D eigenvalue weighted by Gasteiger charge is -2.21. The van der Waals surface area contributed by atoms with Crippen LogP contribution in [0.3, 0.4) is 0 Å². The van der Waals surface area contributed by atoms with Gasteiger partial charge in [0, 0.05) is 30.1 Å². The first-order valence-corrected chi connectivity index (χ1v) is 10.2. The van der Waals surface area contributed by atoms with Crippen molar-refractivity contribution in [3.05, 3.63) is 77.6 Å². The number of rotatable bonds is 4. The number of fused-ring (bicyclic) bond motifs is 1. The summed E-state index contributed by atoms with van der Waals surface area (Å²) in [5.74, 6) is 0.130. The number of hydrogen-bond donors (Lipinski definition) is 3. The first-order chi connectivity index (χ1) is 15.4. The molecular weight excluding hydrogens is 408 g/mol. The van der Waals surface area contributed by atoms with Gasteiger partial charge in [0.2, 0.25) is 0 Å². The summed E-state index contributed by atoms with van der Waals surface area (Å²) in [6.07, 6.45) is 4.09. The van der Waals surface area contributed by atoms with Crippen molar-refractivity contribution in [2.45, 2.75) is 18.9 Å². The molecule has 0 radical (unpaired) electrons. The molecule has 0 aliphatic carbocycles. The smallest absolute Gasteiger partial charge is 0.322 e. The molecule has 160 valence electrons. The van der Waals surface area contributed by atoms with Crippen LogP contribution in [0.25, 0.3) is 11.1 Å². The predicted molar refractivity (Wildman–Crippen MR) is 117 cm³/mol. The van der Waals surface area contributed by atoms with Crippen LogP contribution in [-0.4, -0.2) is 29.4 Å². The Hall–Kier alpha value is -4.20. The number of anilines is 1. The zero-order valence-corrected chi connectivity index (χ0v) is 17.3. The molecule has 0 bridgehead atoms. The second-order valence-corrected chi connectivity index (χ2v) is 7.95. The second-order valence-electron chi connectivity index (χ2n) is 7.95. The standard InChI is InChI=1S/C24H20N4O4/c1-24(22(30)27-23(31)28-24)18-3-2-4-19(11-18)26-21(29)17-10-16(12-25-13-17)14-5-6-20-15(9-14)7-8-32-20/h2-6,9-13H,7-8H2,1H3,(H,26,29)(H2,27,28,30,31). The van der Waals surface area contributed by atoms with E-state index >= 15 is 0 Å². The van der Waals surface area contributed by atoms with Gasteiger partial charge in [0.05, 0.1) is 12.2 Å². The van der Waals surface area contributed by atoms with E-state index in [1.54, 1.807) is 43.5 Å². The number of ether oxygens (including phenoxy) is 1. The quantitative estimate of drug-likeness (QED) is 0.554. The molecule has 3 N–H and O–H groups in total. The molecule has 8 nitrogen and oxygen atoms in total. The van der Waals surface area contributed by atoms with E-state index in [0.717, 1.165) is 28.9 Å². The number of nitrogens with zero attached hydrogens (tertiary/aromatic N) is 1. The van der Waals surface area contributed by atoms with Gasteiger partial charge in [-0.1, -0.05) is 18.2 Å². The lowest BCUT2D eigenvalue weighted by molar-refractivity contribution is -0.123. The zero-order valence-electron chi connectivity index (χ0n) is 17.3. The largest absolute Gasteiger partial charge is 0.493 e. The van der Waals surface area contributed by atoms with Crippen molar-refractivity contribution in [3.63, 3.8) is 0 Å². The number of carbonyl (C=O) groups excluding carboxylic acids is 3. The molecule has 1 saturated heterocycles. The van der Waals surface area contributed by atoms with Crippen LogP contribution in [-0.2, 0) is 16.8 Å². The molecule has 0 saturated carbocycles. The van der Waals surface area contributed by atoms with E-state index in [4.69, 9.17) is 4.74 Å². The lowest BCUT2D eigenvalue weighted by Crippen LogP contribution is -2.40. The Bertz CT molecular complexity index is 1270. The lowest BCUT2D eigenvalue weighted by atomic mass is 9.92. The number of urea groups is 1. The Kier molecular flexibility index (Phi) is 4.62. The molecular formula is C24H20N4O4. The van der Waals surface area contributed by atoms with Gasteiger partial charge in [-0.15, -0.1) is 0 Å². The zero-order chi connectivity index (χ0) is 22.3. The SMILES string of the molecule is CC1(c2cccc(NC(=O)c3cncc(-c4ccc5c(c4)CCO5)c3)c2)NC(=O)NC1=O. The van der Waals surface area contributed by atoms with E-state index in [1.165, 1.54) is 6.20 Å². The molecule has 2 aliphatic rings. The molecule has 1 unspecified atom stereocenters. The van der Waals surface area contributed by atoms with Gasteiger partial charge >= 0.3 is 6.03 Å². The number of carbonyl (C=O) groups is 3. The Morgan fingerprint density at radius 3 is 2.78 bits per heavy atom. The number of aromatic nitrogens is 1. The maximum Gasteiger partial charge on any atom is 0.322 e. The number of amides is 4. The van der Waals surface area contributed by atoms with Crippen LogP contribution in [0.5, 0.6) is 5.75 Å². The van der Waals surface area contributed by atoms with Gasteiger partial charge < -0.3 is 15.4 Å². The summed E-state index contributed by atoms with van der Waals surface area (Å²) in [6, 6.07) is 14.0. The fourth-order valence-corrected chi connectivity index (χ4v) is 3.95. The predicted octanol–water partition coefficient (Wildman–Crippen LogP) is 2.99. The summed E-state index contributed by atoms with van der Waals surface area (Å²) < 4.78 is 5.56. The van der Waals surface area contributed by atoms with Gasteiger partial charge in [0.25, 0.3) is 11.8 Å². The fourth-order valence-electron chi connectivity index (χ4n) is 3.95. The van der Waals surface area contributed by atoms with E-state index in [9.17, 15) is 14.4 Å². The monoisotopic (exact) mass is 428 g/mol.